The van der Waals surface area contributed by atoms with Crippen molar-refractivity contribution in [3.8, 4) is 12.8 Å². The van der Waals surface area contributed by atoms with Crippen LogP contribution in [0.3, 0.4) is 0 Å². The van der Waals surface area contributed by atoms with Crippen LogP contribution in [-0.2, 0) is 0 Å². The molecule has 0 unspecified atom stereocenters. The summed E-state index contributed by atoms with van der Waals surface area (Å²) < 4.78 is 0. The Morgan fingerprint density at radius 2 is 1.27 bits per heavy atom. The molecule has 0 atom stereocenters. The first-order valence-electron chi connectivity index (χ1n) is 7.17. The lowest BCUT2D eigenvalue weighted by Crippen LogP contribution is -1.83. The van der Waals surface area contributed by atoms with Gasteiger partial charge >= 0.3 is 0 Å². The van der Waals surface area contributed by atoms with Gasteiger partial charge in [0.2, 0.25) is 0 Å². The molecule has 0 aliphatic heterocycles. The second kappa shape index (κ2) is 9.42. The predicted octanol–water partition coefficient (Wildman–Crippen LogP) is 6.86. The largest absolute Gasteiger partial charge is 0.124 e. The van der Waals surface area contributed by atoms with E-state index in [4.69, 9.17) is 0 Å². The van der Waals surface area contributed by atoms with Crippen LogP contribution in [0.15, 0.2) is 55.1 Å². The molecule has 0 N–H and O–H groups in total. The molecule has 0 aliphatic rings. The van der Waals surface area contributed by atoms with Crippen LogP contribution in [0.1, 0.15) is 32.4 Å². The van der Waals surface area contributed by atoms with Gasteiger partial charge in [0.1, 0.15) is 0 Å². The smallest absolute Gasteiger partial charge is 0.0171 e. The van der Waals surface area contributed by atoms with Gasteiger partial charge in [0.25, 0.3) is 0 Å². The molecular weight excluding hydrogens is 264 g/mol. The second-order valence-corrected chi connectivity index (χ2v) is 4.46. The predicted molar refractivity (Wildman–Crippen MR) is 104 cm³/mol. The Kier molecular flexibility index (Phi) is 8.34. The maximum atomic E-state index is 4.00. The average molecular weight is 290 g/mol. The summed E-state index contributed by atoms with van der Waals surface area (Å²) >= 11 is 0. The minimum Gasteiger partial charge on any atom is -0.124 e. The Morgan fingerprint density at radius 1 is 0.818 bits per heavy atom. The number of hydrogen-bond donors (Lipinski definition) is 0. The molecule has 3 aromatic rings. The molecule has 0 saturated heterocycles. The fourth-order valence-corrected chi connectivity index (χ4v) is 2.34. The second-order valence-electron chi connectivity index (χ2n) is 4.46. The van der Waals surface area contributed by atoms with E-state index < -0.39 is 0 Å². The minimum atomic E-state index is 0. The molecule has 0 saturated carbocycles. The number of terminal acetylenes is 1. The van der Waals surface area contributed by atoms with Crippen molar-refractivity contribution in [2.45, 2.75) is 28.2 Å². The lowest BCUT2D eigenvalue weighted by atomic mass is 9.98. The first-order valence-corrected chi connectivity index (χ1v) is 7.17. The summed E-state index contributed by atoms with van der Waals surface area (Å²) in [5, 5.41) is 5.17. The van der Waals surface area contributed by atoms with Crippen molar-refractivity contribution in [1.29, 1.82) is 0 Å². The molecule has 0 bridgehead atoms. The summed E-state index contributed by atoms with van der Waals surface area (Å²) in [4.78, 5) is 0. The van der Waals surface area contributed by atoms with E-state index in [2.05, 4.69) is 74.9 Å². The Bertz CT molecular complexity index is 761. The maximum Gasteiger partial charge on any atom is -0.0171 e. The molecule has 0 heterocycles. The fraction of sp³-hybridized carbons (Fsp3) is 0.182. The van der Waals surface area contributed by atoms with Gasteiger partial charge in [-0.25, -0.2) is 0 Å². The van der Waals surface area contributed by atoms with Crippen molar-refractivity contribution in [2.75, 3.05) is 0 Å². The van der Waals surface area contributed by atoms with Crippen LogP contribution in [0.2, 0.25) is 0 Å². The molecule has 114 valence electrons. The zero-order chi connectivity index (χ0) is 15.8. The zero-order valence-electron chi connectivity index (χ0n) is 13.1. The van der Waals surface area contributed by atoms with E-state index in [1.807, 2.05) is 19.9 Å². The van der Waals surface area contributed by atoms with E-state index in [1.54, 1.807) is 0 Å². The van der Waals surface area contributed by atoms with Gasteiger partial charge in [-0.2, -0.15) is 0 Å². The first-order chi connectivity index (χ1) is 10.3. The highest BCUT2D eigenvalue weighted by Gasteiger charge is 2.01. The van der Waals surface area contributed by atoms with Gasteiger partial charge in [0, 0.05) is 0 Å². The number of rotatable bonds is 1. The van der Waals surface area contributed by atoms with Gasteiger partial charge in [-0.05, 0) is 57.8 Å². The van der Waals surface area contributed by atoms with E-state index in [0.29, 0.717) is 0 Å². The molecule has 0 fully saturated rings. The standard InChI is InChI=1S/C17H14.C2H6.C2H2.CH4/c1-3-13-9-17-11-15-7-5-4-6-14(15)10-16(17)8-12(13)2;2*1-2;/h3-11H,1H2,2H3;1-2H3;1-2H;1H4. The normalized spacial score (nSPS) is 8.77. The third-order valence-corrected chi connectivity index (χ3v) is 3.31. The maximum absolute atomic E-state index is 4.00. The zero-order valence-corrected chi connectivity index (χ0v) is 13.1. The average Bonchev–Trinajstić information content (AvgIpc) is 2.56. The van der Waals surface area contributed by atoms with E-state index in [-0.39, 0.29) is 7.43 Å². The number of hydrogen-bond acceptors (Lipinski definition) is 0. The fourth-order valence-electron chi connectivity index (χ4n) is 2.34. The molecule has 0 radical (unpaired) electrons. The van der Waals surface area contributed by atoms with Crippen LogP contribution in [0.4, 0.5) is 0 Å². The van der Waals surface area contributed by atoms with Crippen LogP contribution in [0.5, 0.6) is 0 Å². The highest BCUT2D eigenvalue weighted by molar-refractivity contribution is 5.99. The Hall–Kier alpha value is -2.52. The monoisotopic (exact) mass is 290 g/mol. The summed E-state index contributed by atoms with van der Waals surface area (Å²) in [7, 11) is 0. The van der Waals surface area contributed by atoms with E-state index in [9.17, 15) is 0 Å². The van der Waals surface area contributed by atoms with Crippen LogP contribution in [0, 0.1) is 19.8 Å². The number of aryl methyl sites for hydroxylation is 1. The van der Waals surface area contributed by atoms with Gasteiger partial charge in [-0.1, -0.05) is 64.3 Å². The topological polar surface area (TPSA) is 0 Å². The SMILES string of the molecule is C.C#C.C=Cc1cc2cc3ccccc3cc2cc1C.CC. The Labute approximate surface area is 135 Å². The molecule has 3 aromatic carbocycles. The summed E-state index contributed by atoms with van der Waals surface area (Å²) in [6.07, 6.45) is 9.92. The summed E-state index contributed by atoms with van der Waals surface area (Å²) in [5.41, 5.74) is 2.50. The van der Waals surface area contributed by atoms with E-state index in [0.717, 1.165) is 0 Å². The summed E-state index contributed by atoms with van der Waals surface area (Å²) in [6, 6.07) is 17.4. The van der Waals surface area contributed by atoms with Gasteiger partial charge in [-0.15, -0.1) is 12.8 Å². The van der Waals surface area contributed by atoms with Gasteiger partial charge < -0.3 is 0 Å². The molecule has 0 nitrogen and oxygen atoms in total. The summed E-state index contributed by atoms with van der Waals surface area (Å²) in [5.74, 6) is 0. The molecular formula is C22H26. The first kappa shape index (κ1) is 19.5. The van der Waals surface area contributed by atoms with E-state index >= 15 is 0 Å². The van der Waals surface area contributed by atoms with Crippen molar-refractivity contribution in [3.63, 3.8) is 0 Å². The quantitative estimate of drug-likeness (QED) is 0.339. The molecule has 0 spiro atoms. The molecule has 0 amide bonds. The molecule has 0 aromatic heterocycles. The highest BCUT2D eigenvalue weighted by Crippen LogP contribution is 2.25. The van der Waals surface area contributed by atoms with E-state index in [1.165, 1.54) is 32.7 Å². The molecule has 0 aliphatic carbocycles. The Morgan fingerprint density at radius 3 is 1.73 bits per heavy atom. The van der Waals surface area contributed by atoms with Crippen LogP contribution in [-0.4, -0.2) is 0 Å². The third-order valence-electron chi connectivity index (χ3n) is 3.31. The Balaban J connectivity index is 0.000000819. The number of benzene rings is 3. The van der Waals surface area contributed by atoms with Gasteiger partial charge in [-0.3, -0.25) is 0 Å². The van der Waals surface area contributed by atoms with Crippen LogP contribution < -0.4 is 0 Å². The van der Waals surface area contributed by atoms with Crippen molar-refractivity contribution in [1.82, 2.24) is 0 Å². The van der Waals surface area contributed by atoms with Crippen molar-refractivity contribution < 1.29 is 0 Å². The lowest BCUT2D eigenvalue weighted by molar-refractivity contribution is 1.48. The van der Waals surface area contributed by atoms with Crippen molar-refractivity contribution in [2.24, 2.45) is 0 Å². The van der Waals surface area contributed by atoms with Crippen LogP contribution >= 0.6 is 0 Å². The molecule has 0 heteroatoms. The van der Waals surface area contributed by atoms with Gasteiger partial charge in [0.05, 0.1) is 0 Å². The highest BCUT2D eigenvalue weighted by atomic mass is 14.1. The number of fused-ring (bicyclic) bond motifs is 2. The third kappa shape index (κ3) is 3.99. The summed E-state index contributed by atoms with van der Waals surface area (Å²) in [6.45, 7) is 9.99. The molecule has 22 heavy (non-hydrogen) atoms. The lowest BCUT2D eigenvalue weighted by Gasteiger charge is -2.06. The minimum absolute atomic E-state index is 0. The van der Waals surface area contributed by atoms with Crippen molar-refractivity contribution in [3.05, 3.63) is 66.2 Å². The van der Waals surface area contributed by atoms with Crippen molar-refractivity contribution >= 4 is 27.6 Å². The molecule has 3 rings (SSSR count). The van der Waals surface area contributed by atoms with Gasteiger partial charge in [0.15, 0.2) is 0 Å². The van der Waals surface area contributed by atoms with Crippen LogP contribution in [0.25, 0.3) is 27.6 Å².